The van der Waals surface area contributed by atoms with Gasteiger partial charge in [0.25, 0.3) is 0 Å². The monoisotopic (exact) mass is 273 g/mol. The Morgan fingerprint density at radius 2 is 2.11 bits per heavy atom. The summed E-state index contributed by atoms with van der Waals surface area (Å²) in [5.41, 5.74) is 2.42. The zero-order valence-electron chi connectivity index (χ0n) is 10.5. The van der Waals surface area contributed by atoms with Gasteiger partial charge < -0.3 is 10.0 Å². The van der Waals surface area contributed by atoms with E-state index in [4.69, 9.17) is 5.11 Å². The maximum Gasteiger partial charge on any atom is 0.345 e. The molecule has 3 nitrogen and oxygen atoms in total. The largest absolute Gasteiger partial charge is 0.477 e. The Morgan fingerprint density at radius 1 is 1.32 bits per heavy atom. The zero-order valence-corrected chi connectivity index (χ0v) is 11.3. The van der Waals surface area contributed by atoms with Crippen LogP contribution in [0.2, 0.25) is 0 Å². The molecule has 1 aromatic heterocycles. The summed E-state index contributed by atoms with van der Waals surface area (Å²) < 4.78 is 0. The average Bonchev–Trinajstić information content (AvgIpc) is 3.09. The van der Waals surface area contributed by atoms with Gasteiger partial charge in [-0.05, 0) is 18.1 Å². The lowest BCUT2D eigenvalue weighted by Crippen LogP contribution is -2.18. The lowest BCUT2D eigenvalue weighted by molar-refractivity contribution is 0.0702. The van der Waals surface area contributed by atoms with Gasteiger partial charge in [-0.15, -0.1) is 11.3 Å². The summed E-state index contributed by atoms with van der Waals surface area (Å²) in [6.07, 6.45) is 1.13. The van der Waals surface area contributed by atoms with Crippen LogP contribution in [0, 0.1) is 0 Å². The maximum atomic E-state index is 10.9. The van der Waals surface area contributed by atoms with Gasteiger partial charge in [-0.2, -0.15) is 0 Å². The smallest absolute Gasteiger partial charge is 0.345 e. The van der Waals surface area contributed by atoms with E-state index >= 15 is 0 Å². The van der Waals surface area contributed by atoms with Crippen LogP contribution >= 0.6 is 11.3 Å². The number of nitrogens with zero attached hydrogens (tertiary/aromatic N) is 1. The molecule has 1 atom stereocenters. The van der Waals surface area contributed by atoms with Gasteiger partial charge in [0, 0.05) is 30.1 Å². The summed E-state index contributed by atoms with van der Waals surface area (Å²) in [7, 11) is 0. The number of hydrogen-bond acceptors (Lipinski definition) is 3. The van der Waals surface area contributed by atoms with Crippen LogP contribution in [0.15, 0.2) is 41.8 Å². The minimum absolute atomic E-state index is 0.415. The van der Waals surface area contributed by atoms with E-state index < -0.39 is 5.97 Å². The van der Waals surface area contributed by atoms with Crippen molar-refractivity contribution in [2.24, 2.45) is 0 Å². The van der Waals surface area contributed by atoms with Crippen LogP contribution < -0.4 is 4.90 Å². The van der Waals surface area contributed by atoms with Crippen LogP contribution in [0.25, 0.3) is 0 Å². The molecule has 1 aromatic carbocycles. The first-order chi connectivity index (χ1) is 9.24. The highest BCUT2D eigenvalue weighted by atomic mass is 32.1. The highest BCUT2D eigenvalue weighted by molar-refractivity contribution is 7.12. The van der Waals surface area contributed by atoms with E-state index in [1.54, 1.807) is 6.07 Å². The molecule has 98 valence electrons. The van der Waals surface area contributed by atoms with Gasteiger partial charge in [0.15, 0.2) is 0 Å². The van der Waals surface area contributed by atoms with E-state index in [9.17, 15) is 4.79 Å². The molecule has 1 aliphatic heterocycles. The van der Waals surface area contributed by atoms with E-state index in [0.717, 1.165) is 25.2 Å². The standard InChI is InChI=1S/C15H15NO2S/c17-15(18)14-8-13(10-19-14)16-7-6-12(9-16)11-4-2-1-3-5-11/h1-5,8,10,12H,6-7,9H2,(H,17,18). The fourth-order valence-corrected chi connectivity index (χ4v) is 3.35. The number of anilines is 1. The minimum atomic E-state index is -0.838. The molecular weight excluding hydrogens is 258 g/mol. The normalized spacial score (nSPS) is 18.7. The van der Waals surface area contributed by atoms with Gasteiger partial charge >= 0.3 is 5.97 Å². The van der Waals surface area contributed by atoms with Gasteiger partial charge in [-0.1, -0.05) is 30.3 Å². The molecule has 0 saturated carbocycles. The molecule has 1 fully saturated rings. The number of carbonyl (C=O) groups is 1. The topological polar surface area (TPSA) is 40.5 Å². The van der Waals surface area contributed by atoms with Crippen molar-refractivity contribution in [2.45, 2.75) is 12.3 Å². The summed E-state index contributed by atoms with van der Waals surface area (Å²) in [5, 5.41) is 10.9. The summed E-state index contributed by atoms with van der Waals surface area (Å²) in [6.45, 7) is 1.97. The number of aromatic carboxylic acids is 1. The molecule has 1 saturated heterocycles. The Labute approximate surface area is 116 Å². The SMILES string of the molecule is O=C(O)c1cc(N2CCC(c3ccccc3)C2)cs1. The van der Waals surface area contributed by atoms with Crippen molar-refractivity contribution in [3.63, 3.8) is 0 Å². The third-order valence-corrected chi connectivity index (χ3v) is 4.53. The Bertz CT molecular complexity index is 579. The minimum Gasteiger partial charge on any atom is -0.477 e. The summed E-state index contributed by atoms with van der Waals surface area (Å²) >= 11 is 1.30. The van der Waals surface area contributed by atoms with Gasteiger partial charge in [-0.3, -0.25) is 0 Å². The van der Waals surface area contributed by atoms with Crippen molar-refractivity contribution >= 4 is 23.0 Å². The molecule has 4 heteroatoms. The van der Waals surface area contributed by atoms with Crippen molar-refractivity contribution in [3.05, 3.63) is 52.2 Å². The molecule has 0 radical (unpaired) electrons. The molecule has 0 aliphatic carbocycles. The molecule has 19 heavy (non-hydrogen) atoms. The number of hydrogen-bond donors (Lipinski definition) is 1. The predicted molar refractivity (Wildman–Crippen MR) is 77.3 cm³/mol. The quantitative estimate of drug-likeness (QED) is 0.931. The molecule has 3 rings (SSSR count). The molecule has 2 heterocycles. The van der Waals surface area contributed by atoms with Crippen molar-refractivity contribution < 1.29 is 9.90 Å². The number of carboxylic acid groups (broad SMARTS) is 1. The Balaban J connectivity index is 1.73. The third-order valence-electron chi connectivity index (χ3n) is 3.62. The van der Waals surface area contributed by atoms with Crippen LogP contribution in [0.1, 0.15) is 27.6 Å². The highest BCUT2D eigenvalue weighted by Gasteiger charge is 2.24. The average molecular weight is 273 g/mol. The van der Waals surface area contributed by atoms with Crippen LogP contribution in [-0.2, 0) is 0 Å². The lowest BCUT2D eigenvalue weighted by atomic mass is 9.99. The number of thiophene rings is 1. The molecular formula is C15H15NO2S. The molecule has 2 aromatic rings. The van der Waals surface area contributed by atoms with Crippen molar-refractivity contribution in [1.82, 2.24) is 0 Å². The van der Waals surface area contributed by atoms with E-state index in [1.807, 2.05) is 11.4 Å². The maximum absolute atomic E-state index is 10.9. The molecule has 1 aliphatic rings. The number of rotatable bonds is 3. The van der Waals surface area contributed by atoms with E-state index in [0.29, 0.717) is 10.8 Å². The first kappa shape index (κ1) is 12.2. The Hall–Kier alpha value is -1.81. The summed E-state index contributed by atoms with van der Waals surface area (Å²) in [4.78, 5) is 13.6. The van der Waals surface area contributed by atoms with Gasteiger partial charge in [0.2, 0.25) is 0 Å². The van der Waals surface area contributed by atoms with Crippen molar-refractivity contribution in [3.8, 4) is 0 Å². The predicted octanol–water partition coefficient (Wildman–Crippen LogP) is 3.44. The van der Waals surface area contributed by atoms with Crippen LogP contribution in [0.3, 0.4) is 0 Å². The second kappa shape index (κ2) is 5.05. The Kier molecular flexibility index (Phi) is 3.25. The Morgan fingerprint density at radius 3 is 2.79 bits per heavy atom. The number of benzene rings is 1. The second-order valence-corrected chi connectivity index (χ2v) is 5.73. The summed E-state index contributed by atoms with van der Waals surface area (Å²) in [6, 6.07) is 12.3. The highest BCUT2D eigenvalue weighted by Crippen LogP contribution is 2.32. The summed E-state index contributed by atoms with van der Waals surface area (Å²) in [5.74, 6) is -0.288. The first-order valence-corrected chi connectivity index (χ1v) is 7.24. The molecule has 0 bridgehead atoms. The van der Waals surface area contributed by atoms with E-state index in [-0.39, 0.29) is 0 Å². The fourth-order valence-electron chi connectivity index (χ4n) is 2.60. The zero-order chi connectivity index (χ0) is 13.2. The molecule has 1 N–H and O–H groups in total. The molecule has 0 spiro atoms. The first-order valence-electron chi connectivity index (χ1n) is 6.36. The van der Waals surface area contributed by atoms with Crippen LogP contribution in [0.4, 0.5) is 5.69 Å². The van der Waals surface area contributed by atoms with Crippen molar-refractivity contribution in [1.29, 1.82) is 0 Å². The van der Waals surface area contributed by atoms with E-state index in [2.05, 4.69) is 29.2 Å². The second-order valence-electron chi connectivity index (χ2n) is 4.82. The van der Waals surface area contributed by atoms with Crippen LogP contribution in [-0.4, -0.2) is 24.2 Å². The number of carboxylic acids is 1. The lowest BCUT2D eigenvalue weighted by Gasteiger charge is -2.16. The van der Waals surface area contributed by atoms with E-state index in [1.165, 1.54) is 16.9 Å². The van der Waals surface area contributed by atoms with Crippen molar-refractivity contribution in [2.75, 3.05) is 18.0 Å². The van der Waals surface area contributed by atoms with Gasteiger partial charge in [-0.25, -0.2) is 4.79 Å². The van der Waals surface area contributed by atoms with Gasteiger partial charge in [0.05, 0.1) is 0 Å². The van der Waals surface area contributed by atoms with Gasteiger partial charge in [0.1, 0.15) is 4.88 Å². The molecule has 1 unspecified atom stereocenters. The third kappa shape index (κ3) is 2.49. The fraction of sp³-hybridized carbons (Fsp3) is 0.267. The van der Waals surface area contributed by atoms with Crippen LogP contribution in [0.5, 0.6) is 0 Å². The molecule has 0 amide bonds.